The smallest absolute Gasteiger partial charge is 0.257 e. The fraction of sp³-hybridized carbons (Fsp3) is 0.412. The molecule has 1 fully saturated rings. The van der Waals surface area contributed by atoms with Crippen LogP contribution in [0.4, 0.5) is 0 Å². The van der Waals surface area contributed by atoms with Gasteiger partial charge in [-0.3, -0.25) is 9.78 Å². The van der Waals surface area contributed by atoms with Crippen molar-refractivity contribution in [2.24, 2.45) is 0 Å². The van der Waals surface area contributed by atoms with Crippen LogP contribution in [0.1, 0.15) is 42.5 Å². The molecule has 4 nitrogen and oxygen atoms in total. The van der Waals surface area contributed by atoms with Crippen molar-refractivity contribution in [2.75, 3.05) is 7.05 Å². The van der Waals surface area contributed by atoms with Crippen LogP contribution < -0.4 is 0 Å². The van der Waals surface area contributed by atoms with Crippen LogP contribution in [-0.4, -0.2) is 34.0 Å². The van der Waals surface area contributed by atoms with E-state index in [1.807, 2.05) is 25.2 Å². The standard InChI is InChI=1S/C17H20N2O2/c1-19(13-7-3-2-4-8-13)17(21)14-10-9-12-6-5-11-18-15(12)16(14)20/h5-6,9-11,13,20H,2-4,7-8H2,1H3. The second kappa shape index (κ2) is 5.72. The van der Waals surface area contributed by atoms with E-state index < -0.39 is 0 Å². The quantitative estimate of drug-likeness (QED) is 0.920. The van der Waals surface area contributed by atoms with Crippen molar-refractivity contribution >= 4 is 16.8 Å². The van der Waals surface area contributed by atoms with Crippen molar-refractivity contribution in [2.45, 2.75) is 38.1 Å². The van der Waals surface area contributed by atoms with E-state index >= 15 is 0 Å². The Bertz CT molecular complexity index is 663. The first-order valence-corrected chi connectivity index (χ1v) is 7.52. The number of fused-ring (bicyclic) bond motifs is 1. The molecule has 0 saturated heterocycles. The van der Waals surface area contributed by atoms with E-state index in [0.29, 0.717) is 11.1 Å². The molecule has 1 aromatic heterocycles. The Kier molecular flexibility index (Phi) is 3.78. The number of carbonyl (C=O) groups excluding carboxylic acids is 1. The first-order chi connectivity index (χ1) is 10.2. The molecular formula is C17H20N2O2. The van der Waals surface area contributed by atoms with Gasteiger partial charge in [0.05, 0.1) is 5.56 Å². The van der Waals surface area contributed by atoms with Gasteiger partial charge in [-0.15, -0.1) is 0 Å². The molecule has 0 radical (unpaired) electrons. The molecule has 0 bridgehead atoms. The van der Waals surface area contributed by atoms with E-state index in [2.05, 4.69) is 4.98 Å². The molecule has 1 heterocycles. The number of rotatable bonds is 2. The molecule has 1 aliphatic rings. The second-order valence-corrected chi connectivity index (χ2v) is 5.74. The maximum atomic E-state index is 12.6. The van der Waals surface area contributed by atoms with Crippen molar-refractivity contribution in [3.8, 4) is 5.75 Å². The molecular weight excluding hydrogens is 264 g/mol. The van der Waals surface area contributed by atoms with Crippen LogP contribution in [0.3, 0.4) is 0 Å². The fourth-order valence-electron chi connectivity index (χ4n) is 3.13. The molecule has 0 aliphatic heterocycles. The second-order valence-electron chi connectivity index (χ2n) is 5.74. The zero-order valence-electron chi connectivity index (χ0n) is 12.2. The van der Waals surface area contributed by atoms with Crippen molar-refractivity contribution < 1.29 is 9.90 Å². The molecule has 1 saturated carbocycles. The lowest BCUT2D eigenvalue weighted by Gasteiger charge is -2.31. The van der Waals surface area contributed by atoms with Crippen molar-refractivity contribution in [3.05, 3.63) is 36.0 Å². The maximum Gasteiger partial charge on any atom is 0.257 e. The number of amides is 1. The summed E-state index contributed by atoms with van der Waals surface area (Å²) in [6.45, 7) is 0. The number of phenols is 1. The van der Waals surface area contributed by atoms with Gasteiger partial charge in [-0.1, -0.05) is 31.4 Å². The van der Waals surface area contributed by atoms with Crippen LogP contribution in [0, 0.1) is 0 Å². The Morgan fingerprint density at radius 2 is 2.00 bits per heavy atom. The minimum absolute atomic E-state index is 0.0132. The molecule has 110 valence electrons. The lowest BCUT2D eigenvalue weighted by Crippen LogP contribution is -2.38. The molecule has 3 rings (SSSR count). The molecule has 2 aromatic rings. The number of hydrogen-bond acceptors (Lipinski definition) is 3. The van der Waals surface area contributed by atoms with Crippen LogP contribution in [0.2, 0.25) is 0 Å². The SMILES string of the molecule is CN(C(=O)c1ccc2cccnc2c1O)C1CCCCC1. The summed E-state index contributed by atoms with van der Waals surface area (Å²) in [5.41, 5.74) is 0.828. The summed E-state index contributed by atoms with van der Waals surface area (Å²) in [7, 11) is 1.83. The van der Waals surface area contributed by atoms with E-state index in [1.54, 1.807) is 17.2 Å². The lowest BCUT2D eigenvalue weighted by molar-refractivity contribution is 0.0693. The zero-order valence-corrected chi connectivity index (χ0v) is 12.2. The van der Waals surface area contributed by atoms with Gasteiger partial charge < -0.3 is 10.0 Å². The van der Waals surface area contributed by atoms with Gasteiger partial charge in [-0.2, -0.15) is 0 Å². The zero-order chi connectivity index (χ0) is 14.8. The molecule has 4 heteroatoms. The Morgan fingerprint density at radius 1 is 1.24 bits per heavy atom. The van der Waals surface area contributed by atoms with Gasteiger partial charge in [0, 0.05) is 24.7 Å². The van der Waals surface area contributed by atoms with Gasteiger partial charge in [-0.05, 0) is 25.0 Å². The number of carbonyl (C=O) groups is 1. The summed E-state index contributed by atoms with van der Waals surface area (Å²) in [5.74, 6) is -0.132. The monoisotopic (exact) mass is 284 g/mol. The predicted octanol–water partition coefficient (Wildman–Crippen LogP) is 3.35. The highest BCUT2D eigenvalue weighted by molar-refractivity contribution is 6.02. The van der Waals surface area contributed by atoms with Crippen LogP contribution in [0.15, 0.2) is 30.5 Å². The predicted molar refractivity (Wildman–Crippen MR) is 82.4 cm³/mol. The third kappa shape index (κ3) is 2.58. The summed E-state index contributed by atoms with van der Waals surface area (Å²) in [6.07, 6.45) is 7.33. The third-order valence-corrected chi connectivity index (χ3v) is 4.42. The Labute approximate surface area is 124 Å². The maximum absolute atomic E-state index is 12.6. The van der Waals surface area contributed by atoms with Crippen LogP contribution in [0.25, 0.3) is 10.9 Å². The van der Waals surface area contributed by atoms with E-state index in [9.17, 15) is 9.90 Å². The molecule has 0 atom stereocenters. The summed E-state index contributed by atoms with van der Waals surface area (Å²) < 4.78 is 0. The number of aromatic nitrogens is 1. The number of aromatic hydroxyl groups is 1. The normalized spacial score (nSPS) is 16.0. The molecule has 1 N–H and O–H groups in total. The van der Waals surface area contributed by atoms with Gasteiger partial charge in [0.1, 0.15) is 5.52 Å². The molecule has 0 spiro atoms. The van der Waals surface area contributed by atoms with Gasteiger partial charge in [0.15, 0.2) is 5.75 Å². The summed E-state index contributed by atoms with van der Waals surface area (Å²) in [4.78, 5) is 18.6. The highest BCUT2D eigenvalue weighted by atomic mass is 16.3. The van der Waals surface area contributed by atoms with Gasteiger partial charge in [0.2, 0.25) is 0 Å². The molecule has 1 aliphatic carbocycles. The minimum Gasteiger partial charge on any atom is -0.505 e. The summed E-state index contributed by atoms with van der Waals surface area (Å²) in [5, 5.41) is 11.2. The average Bonchev–Trinajstić information content (AvgIpc) is 2.55. The van der Waals surface area contributed by atoms with E-state index in [4.69, 9.17) is 0 Å². The van der Waals surface area contributed by atoms with E-state index in [1.165, 1.54) is 19.3 Å². The number of benzene rings is 1. The largest absolute Gasteiger partial charge is 0.505 e. The number of hydrogen-bond donors (Lipinski definition) is 1. The molecule has 21 heavy (non-hydrogen) atoms. The van der Waals surface area contributed by atoms with Crippen LogP contribution in [0.5, 0.6) is 5.75 Å². The first kappa shape index (κ1) is 13.9. The fourth-order valence-corrected chi connectivity index (χ4v) is 3.13. The average molecular weight is 284 g/mol. The molecule has 1 amide bonds. The molecule has 1 aromatic carbocycles. The Balaban J connectivity index is 1.92. The highest BCUT2D eigenvalue weighted by Gasteiger charge is 2.25. The Morgan fingerprint density at radius 3 is 2.76 bits per heavy atom. The van der Waals surface area contributed by atoms with Gasteiger partial charge >= 0.3 is 0 Å². The van der Waals surface area contributed by atoms with Crippen LogP contribution in [-0.2, 0) is 0 Å². The topological polar surface area (TPSA) is 53.4 Å². The Hall–Kier alpha value is -2.10. The van der Waals surface area contributed by atoms with Gasteiger partial charge in [0.25, 0.3) is 5.91 Å². The first-order valence-electron chi connectivity index (χ1n) is 7.52. The van der Waals surface area contributed by atoms with Crippen molar-refractivity contribution in [3.63, 3.8) is 0 Å². The van der Waals surface area contributed by atoms with Gasteiger partial charge in [-0.25, -0.2) is 0 Å². The minimum atomic E-state index is -0.119. The van der Waals surface area contributed by atoms with E-state index in [-0.39, 0.29) is 17.7 Å². The number of nitrogens with zero attached hydrogens (tertiary/aromatic N) is 2. The third-order valence-electron chi connectivity index (χ3n) is 4.42. The number of phenolic OH excluding ortho intramolecular Hbond substituents is 1. The van der Waals surface area contributed by atoms with Crippen molar-refractivity contribution in [1.29, 1.82) is 0 Å². The number of pyridine rings is 1. The molecule has 0 unspecified atom stereocenters. The van der Waals surface area contributed by atoms with E-state index in [0.717, 1.165) is 18.2 Å². The van der Waals surface area contributed by atoms with Crippen LogP contribution >= 0.6 is 0 Å². The van der Waals surface area contributed by atoms with Crippen molar-refractivity contribution in [1.82, 2.24) is 9.88 Å². The summed E-state index contributed by atoms with van der Waals surface area (Å²) >= 11 is 0. The highest BCUT2D eigenvalue weighted by Crippen LogP contribution is 2.29. The summed E-state index contributed by atoms with van der Waals surface area (Å²) in [6, 6.07) is 7.51. The lowest BCUT2D eigenvalue weighted by atomic mass is 9.94.